The molecular formula is C27H33N. The van der Waals surface area contributed by atoms with Crippen LogP contribution in [0.1, 0.15) is 49.8 Å². The van der Waals surface area contributed by atoms with Gasteiger partial charge in [0.05, 0.1) is 0 Å². The summed E-state index contributed by atoms with van der Waals surface area (Å²) in [4.78, 5) is 2.69. The van der Waals surface area contributed by atoms with Crippen molar-refractivity contribution in [2.75, 3.05) is 0 Å². The highest BCUT2D eigenvalue weighted by Crippen LogP contribution is 2.30. The molecule has 0 aliphatic heterocycles. The van der Waals surface area contributed by atoms with Crippen LogP contribution in [0, 0.1) is 0 Å². The zero-order valence-corrected chi connectivity index (χ0v) is 17.4. The van der Waals surface area contributed by atoms with Crippen molar-refractivity contribution in [3.8, 4) is 0 Å². The molecule has 146 valence electrons. The zero-order chi connectivity index (χ0) is 19.7. The third kappa shape index (κ3) is 5.81. The molecule has 0 radical (unpaired) electrons. The van der Waals surface area contributed by atoms with E-state index in [-0.39, 0.29) is 5.54 Å². The second-order valence-corrected chi connectivity index (χ2v) is 8.09. The molecule has 1 unspecified atom stereocenters. The highest BCUT2D eigenvalue weighted by molar-refractivity contribution is 5.21. The summed E-state index contributed by atoms with van der Waals surface area (Å²) in [6.07, 6.45) is 4.77. The van der Waals surface area contributed by atoms with E-state index in [0.717, 1.165) is 19.5 Å². The summed E-state index contributed by atoms with van der Waals surface area (Å²) in [7, 11) is 0. The van der Waals surface area contributed by atoms with E-state index in [2.05, 4.69) is 110 Å². The van der Waals surface area contributed by atoms with Crippen molar-refractivity contribution in [2.45, 2.75) is 58.2 Å². The lowest BCUT2D eigenvalue weighted by Crippen LogP contribution is -2.47. The van der Waals surface area contributed by atoms with Gasteiger partial charge >= 0.3 is 0 Å². The smallest absolute Gasteiger partial charge is 0.0242 e. The average Bonchev–Trinajstić information content (AvgIpc) is 2.74. The Morgan fingerprint density at radius 1 is 0.643 bits per heavy atom. The summed E-state index contributed by atoms with van der Waals surface area (Å²) in [6.45, 7) is 6.70. The average molecular weight is 372 g/mol. The van der Waals surface area contributed by atoms with E-state index in [1.54, 1.807) is 0 Å². The number of nitrogens with zero attached hydrogens (tertiary/aromatic N) is 1. The minimum absolute atomic E-state index is 0.114. The zero-order valence-electron chi connectivity index (χ0n) is 17.4. The van der Waals surface area contributed by atoms with Crippen molar-refractivity contribution in [1.29, 1.82) is 0 Å². The summed E-state index contributed by atoms with van der Waals surface area (Å²) in [5.74, 6) is 0. The van der Waals surface area contributed by atoms with Crippen LogP contribution >= 0.6 is 0 Å². The second-order valence-electron chi connectivity index (χ2n) is 8.09. The van der Waals surface area contributed by atoms with Crippen LogP contribution < -0.4 is 0 Å². The van der Waals surface area contributed by atoms with Crippen LogP contribution in [-0.2, 0) is 19.5 Å². The van der Waals surface area contributed by atoms with Gasteiger partial charge < -0.3 is 0 Å². The van der Waals surface area contributed by atoms with Crippen LogP contribution in [0.5, 0.6) is 0 Å². The second kappa shape index (κ2) is 10.2. The van der Waals surface area contributed by atoms with E-state index in [4.69, 9.17) is 0 Å². The molecule has 0 saturated heterocycles. The van der Waals surface area contributed by atoms with Gasteiger partial charge in [0.25, 0.3) is 0 Å². The molecule has 1 heteroatoms. The Bertz CT molecular complexity index is 756. The predicted molar refractivity (Wildman–Crippen MR) is 120 cm³/mol. The van der Waals surface area contributed by atoms with Crippen LogP contribution in [0.3, 0.4) is 0 Å². The van der Waals surface area contributed by atoms with Gasteiger partial charge in [0.2, 0.25) is 0 Å². The Kier molecular flexibility index (Phi) is 7.45. The molecule has 28 heavy (non-hydrogen) atoms. The Labute approximate surface area is 171 Å². The third-order valence-corrected chi connectivity index (χ3v) is 5.69. The molecule has 0 aliphatic carbocycles. The van der Waals surface area contributed by atoms with Crippen molar-refractivity contribution in [2.24, 2.45) is 0 Å². The van der Waals surface area contributed by atoms with Gasteiger partial charge in [-0.15, -0.1) is 0 Å². The van der Waals surface area contributed by atoms with Gasteiger partial charge in [0.15, 0.2) is 0 Å². The Morgan fingerprint density at radius 2 is 1.07 bits per heavy atom. The SMILES string of the molecule is CCCCC(C)(Cc1ccccc1)N(Cc1ccccc1)Cc1ccccc1. The molecule has 0 aromatic heterocycles. The van der Waals surface area contributed by atoms with Gasteiger partial charge in [-0.1, -0.05) is 111 Å². The molecule has 3 aromatic carbocycles. The Morgan fingerprint density at radius 3 is 1.50 bits per heavy atom. The van der Waals surface area contributed by atoms with Crippen LogP contribution in [-0.4, -0.2) is 10.4 Å². The van der Waals surface area contributed by atoms with Crippen LogP contribution in [0.15, 0.2) is 91.0 Å². The molecule has 1 atom stereocenters. The highest BCUT2D eigenvalue weighted by Gasteiger charge is 2.31. The Balaban J connectivity index is 1.91. The van der Waals surface area contributed by atoms with Crippen molar-refractivity contribution < 1.29 is 0 Å². The maximum atomic E-state index is 2.69. The molecule has 3 rings (SSSR count). The maximum Gasteiger partial charge on any atom is 0.0242 e. The molecule has 0 saturated carbocycles. The summed E-state index contributed by atoms with van der Waals surface area (Å²) in [5, 5.41) is 0. The lowest BCUT2D eigenvalue weighted by Gasteiger charge is -2.42. The monoisotopic (exact) mass is 371 g/mol. The van der Waals surface area contributed by atoms with E-state index in [0.29, 0.717) is 0 Å². The summed E-state index contributed by atoms with van der Waals surface area (Å²) >= 11 is 0. The van der Waals surface area contributed by atoms with Crippen molar-refractivity contribution in [3.05, 3.63) is 108 Å². The number of rotatable bonds is 10. The summed E-state index contributed by atoms with van der Waals surface area (Å²) < 4.78 is 0. The van der Waals surface area contributed by atoms with Gasteiger partial charge in [-0.2, -0.15) is 0 Å². The standard InChI is InChI=1S/C27H33N/c1-3-4-20-27(2,21-24-14-8-5-9-15-24)28(22-25-16-10-6-11-17-25)23-26-18-12-7-13-19-26/h5-19H,3-4,20-23H2,1-2H3. The molecule has 0 spiro atoms. The third-order valence-electron chi connectivity index (χ3n) is 5.69. The molecule has 0 bridgehead atoms. The van der Waals surface area contributed by atoms with E-state index in [1.807, 2.05) is 0 Å². The number of hydrogen-bond donors (Lipinski definition) is 0. The normalized spacial score (nSPS) is 13.4. The number of benzene rings is 3. The minimum Gasteiger partial charge on any atom is -0.289 e. The van der Waals surface area contributed by atoms with Gasteiger partial charge in [0.1, 0.15) is 0 Å². The number of unbranched alkanes of at least 4 members (excludes halogenated alkanes) is 1. The Hall–Kier alpha value is -2.38. The van der Waals surface area contributed by atoms with Crippen molar-refractivity contribution in [1.82, 2.24) is 4.90 Å². The van der Waals surface area contributed by atoms with Crippen molar-refractivity contribution in [3.63, 3.8) is 0 Å². The van der Waals surface area contributed by atoms with E-state index < -0.39 is 0 Å². The van der Waals surface area contributed by atoms with Gasteiger partial charge in [-0.25, -0.2) is 0 Å². The van der Waals surface area contributed by atoms with E-state index in [9.17, 15) is 0 Å². The molecule has 0 heterocycles. The van der Waals surface area contributed by atoms with Crippen molar-refractivity contribution >= 4 is 0 Å². The molecule has 0 N–H and O–H groups in total. The lowest BCUT2D eigenvalue weighted by atomic mass is 9.85. The first kappa shape index (κ1) is 20.4. The van der Waals surface area contributed by atoms with Gasteiger partial charge in [0, 0.05) is 18.6 Å². The van der Waals surface area contributed by atoms with Crippen LogP contribution in [0.2, 0.25) is 0 Å². The van der Waals surface area contributed by atoms with Gasteiger partial charge in [-0.05, 0) is 36.5 Å². The van der Waals surface area contributed by atoms with Crippen LogP contribution in [0.25, 0.3) is 0 Å². The highest BCUT2D eigenvalue weighted by atomic mass is 15.2. The molecule has 1 nitrogen and oxygen atoms in total. The minimum atomic E-state index is 0.114. The van der Waals surface area contributed by atoms with Gasteiger partial charge in [-0.3, -0.25) is 4.90 Å². The van der Waals surface area contributed by atoms with E-state index >= 15 is 0 Å². The molecular weight excluding hydrogens is 338 g/mol. The first-order valence-electron chi connectivity index (χ1n) is 10.6. The fraction of sp³-hybridized carbons (Fsp3) is 0.333. The molecule has 0 fully saturated rings. The first-order chi connectivity index (χ1) is 13.7. The maximum absolute atomic E-state index is 2.69. The quantitative estimate of drug-likeness (QED) is 0.375. The molecule has 3 aromatic rings. The molecule has 0 aliphatic rings. The van der Waals surface area contributed by atoms with Crippen LogP contribution in [0.4, 0.5) is 0 Å². The van der Waals surface area contributed by atoms with E-state index in [1.165, 1.54) is 36.0 Å². The first-order valence-corrected chi connectivity index (χ1v) is 10.6. The molecule has 0 amide bonds. The fourth-order valence-electron chi connectivity index (χ4n) is 4.00. The largest absolute Gasteiger partial charge is 0.289 e. The topological polar surface area (TPSA) is 3.24 Å². The lowest BCUT2D eigenvalue weighted by molar-refractivity contribution is 0.0746. The fourth-order valence-corrected chi connectivity index (χ4v) is 4.00. The summed E-state index contributed by atoms with van der Waals surface area (Å²) in [6, 6.07) is 32.8. The predicted octanol–water partition coefficient (Wildman–Crippen LogP) is 6.88. The number of hydrogen-bond acceptors (Lipinski definition) is 1. The summed E-state index contributed by atoms with van der Waals surface area (Å²) in [5.41, 5.74) is 4.30.